The molecule has 0 aromatic heterocycles. The van der Waals surface area contributed by atoms with E-state index in [9.17, 15) is 0 Å². The maximum Gasteiger partial charge on any atom is 2.00 e. The van der Waals surface area contributed by atoms with E-state index >= 15 is 0 Å². The molecule has 18 heavy (non-hydrogen) atoms. The first-order chi connectivity index (χ1) is 8.65. The summed E-state index contributed by atoms with van der Waals surface area (Å²) in [6.07, 6.45) is 15.3. The van der Waals surface area contributed by atoms with Gasteiger partial charge in [0.1, 0.15) is 0 Å². The Labute approximate surface area is 124 Å². The average molecular weight is 287 g/mol. The van der Waals surface area contributed by atoms with Crippen molar-refractivity contribution in [1.82, 2.24) is 4.90 Å². The molecule has 1 N–H and O–H groups in total. The van der Waals surface area contributed by atoms with E-state index in [1.54, 1.807) is 12.8 Å². The first kappa shape index (κ1) is 16.0. The smallest absolute Gasteiger partial charge is 0.411 e. The van der Waals surface area contributed by atoms with Gasteiger partial charge in [0.05, 0.1) is 6.21 Å². The van der Waals surface area contributed by atoms with Crippen LogP contribution in [0.25, 0.3) is 0 Å². The van der Waals surface area contributed by atoms with Gasteiger partial charge in [-0.1, -0.05) is 0 Å². The summed E-state index contributed by atoms with van der Waals surface area (Å²) in [5.74, 6) is 1.70. The normalized spacial score (nSPS) is 22.9. The second-order valence-electron chi connectivity index (χ2n) is 3.86. The largest absolute Gasteiger partial charge is 2.00 e. The fourth-order valence-electron chi connectivity index (χ4n) is 1.37. The molecular formula is C14H18FeN2O+2. The standard InChI is InChI=1S/C9H13N2O.C5H5.Fe/c1-11(2)7-9-5-3-4-8(9)6-10-12;1-2-4-5-3-1;/h3-6,12H,7H2,1-2H3;1-5H;/q;;+2/b10-6+;;/i5D;;. The summed E-state index contributed by atoms with van der Waals surface area (Å²) in [5.41, 5.74) is 0. The van der Waals surface area contributed by atoms with Gasteiger partial charge < -0.3 is 10.1 Å². The fraction of sp³-hybridized carbons (Fsp3) is 0.214. The molecule has 4 heteroatoms. The zero-order valence-electron chi connectivity index (χ0n) is 11.5. The van der Waals surface area contributed by atoms with Crippen molar-refractivity contribution in [2.75, 3.05) is 20.6 Å². The van der Waals surface area contributed by atoms with Crippen molar-refractivity contribution in [3.05, 3.63) is 63.2 Å². The van der Waals surface area contributed by atoms with Gasteiger partial charge >= 0.3 is 17.1 Å². The maximum atomic E-state index is 8.38. The van der Waals surface area contributed by atoms with Crippen LogP contribution in [0.2, 0.25) is 0 Å². The van der Waals surface area contributed by atoms with E-state index < -0.39 is 0 Å². The van der Waals surface area contributed by atoms with Crippen LogP contribution in [-0.4, -0.2) is 37.0 Å². The van der Waals surface area contributed by atoms with Crippen molar-refractivity contribution in [3.63, 3.8) is 0 Å². The van der Waals surface area contributed by atoms with Gasteiger partial charge in [-0.2, -0.15) is 0 Å². The molecule has 0 aliphatic heterocycles. The number of hydrogen-bond acceptors (Lipinski definition) is 3. The summed E-state index contributed by atoms with van der Waals surface area (Å²) in [6.45, 7) is 0.688. The molecule has 0 bridgehead atoms. The summed E-state index contributed by atoms with van der Waals surface area (Å²) in [5, 5.41) is 11.3. The predicted octanol–water partition coefficient (Wildman–Crippen LogP) is 1.80. The molecule has 0 saturated heterocycles. The van der Waals surface area contributed by atoms with Crippen LogP contribution in [0.15, 0.2) is 5.16 Å². The van der Waals surface area contributed by atoms with E-state index in [-0.39, 0.29) is 17.1 Å². The molecule has 0 amide bonds. The van der Waals surface area contributed by atoms with Crippen molar-refractivity contribution in [2.45, 2.75) is 0 Å². The van der Waals surface area contributed by atoms with Gasteiger partial charge in [0.25, 0.3) is 0 Å². The van der Waals surface area contributed by atoms with Gasteiger partial charge in [0.2, 0.25) is 0 Å². The summed E-state index contributed by atoms with van der Waals surface area (Å²) >= 11 is 0. The minimum absolute atomic E-state index is 0. The van der Waals surface area contributed by atoms with Gasteiger partial charge in [0.15, 0.2) is 0 Å². The molecule has 96 valence electrons. The van der Waals surface area contributed by atoms with Crippen molar-refractivity contribution in [1.29, 1.82) is 0 Å². The first-order valence-electron chi connectivity index (χ1n) is 5.89. The van der Waals surface area contributed by atoms with Crippen LogP contribution >= 0.6 is 0 Å². The minimum Gasteiger partial charge on any atom is -0.411 e. The Kier molecular flexibility index (Phi) is 9.63. The van der Waals surface area contributed by atoms with Crippen LogP contribution < -0.4 is 0 Å². The summed E-state index contributed by atoms with van der Waals surface area (Å²) in [4.78, 5) is 1.97. The Balaban J connectivity index is 0.000000454. The fourth-order valence-corrected chi connectivity index (χ4v) is 1.37. The van der Waals surface area contributed by atoms with Crippen LogP contribution in [0, 0.1) is 63.2 Å². The Morgan fingerprint density at radius 1 is 1.22 bits per heavy atom. The van der Waals surface area contributed by atoms with Crippen LogP contribution in [-0.2, 0) is 17.1 Å². The molecule has 2 fully saturated rings. The zero-order valence-corrected chi connectivity index (χ0v) is 11.6. The number of oxime groups is 1. The third-order valence-corrected chi connectivity index (χ3v) is 2.10. The average Bonchev–Trinajstić information content (AvgIpc) is 2.97. The monoisotopic (exact) mass is 287 g/mol. The molecule has 2 aliphatic carbocycles. The summed E-state index contributed by atoms with van der Waals surface area (Å²) in [6, 6.07) is 0. The van der Waals surface area contributed by atoms with Crippen LogP contribution in [0.4, 0.5) is 0 Å². The summed E-state index contributed by atoms with van der Waals surface area (Å²) in [7, 11) is 3.87. The quantitative estimate of drug-likeness (QED) is 0.372. The van der Waals surface area contributed by atoms with Gasteiger partial charge in [-0.3, -0.25) is 0 Å². The molecule has 0 heterocycles. The van der Waals surface area contributed by atoms with Crippen molar-refractivity contribution < 1.29 is 23.6 Å². The third-order valence-electron chi connectivity index (χ3n) is 2.10. The Morgan fingerprint density at radius 2 is 1.78 bits per heavy atom. The molecule has 10 radical (unpaired) electrons. The molecule has 0 spiro atoms. The van der Waals surface area contributed by atoms with Crippen molar-refractivity contribution in [2.24, 2.45) is 5.16 Å². The van der Waals surface area contributed by atoms with Gasteiger partial charge in [0, 0.05) is 19.8 Å². The molecular weight excluding hydrogens is 268 g/mol. The number of hydrogen-bond donors (Lipinski definition) is 1. The predicted molar refractivity (Wildman–Crippen MR) is 69.7 cm³/mol. The molecule has 0 aromatic rings. The number of nitrogens with zero attached hydrogens (tertiary/aromatic N) is 2. The van der Waals surface area contributed by atoms with E-state index in [0.29, 0.717) is 12.9 Å². The van der Waals surface area contributed by atoms with Crippen LogP contribution in [0.1, 0.15) is 1.37 Å². The number of rotatable bonds is 3. The molecule has 0 aromatic carbocycles. The topological polar surface area (TPSA) is 35.8 Å². The molecule has 0 atom stereocenters. The summed E-state index contributed by atoms with van der Waals surface area (Å²) < 4.78 is 7.59. The van der Waals surface area contributed by atoms with Gasteiger partial charge in [-0.15, -0.1) is 5.16 Å². The molecule has 2 aliphatic rings. The van der Waals surface area contributed by atoms with E-state index in [1.807, 2.05) is 51.1 Å². The maximum absolute atomic E-state index is 8.38. The SMILES string of the molecule is [2H][C]1[CH][CH][C](/C=N/O)[C]1CN(C)C.[CH]1[CH][CH][CH][CH]1.[Fe+2]. The molecule has 2 saturated carbocycles. The second kappa shape index (κ2) is 10.8. The molecule has 3 nitrogen and oxygen atoms in total. The minimum atomic E-state index is 0. The van der Waals surface area contributed by atoms with E-state index in [2.05, 4.69) is 5.16 Å². The van der Waals surface area contributed by atoms with Gasteiger partial charge in [-0.25, -0.2) is 0 Å². The first-order valence-corrected chi connectivity index (χ1v) is 5.39. The Bertz CT molecular complexity index is 240. The van der Waals surface area contributed by atoms with Crippen molar-refractivity contribution >= 4 is 6.21 Å². The van der Waals surface area contributed by atoms with E-state index in [4.69, 9.17) is 6.58 Å². The Morgan fingerprint density at radius 3 is 2.22 bits per heavy atom. The van der Waals surface area contributed by atoms with E-state index in [0.717, 1.165) is 11.8 Å². The van der Waals surface area contributed by atoms with Gasteiger partial charge in [-0.05, 0) is 65.4 Å². The third kappa shape index (κ3) is 7.40. The van der Waals surface area contributed by atoms with Crippen LogP contribution in [0.3, 0.4) is 0 Å². The Hall–Kier alpha value is -0.0505. The van der Waals surface area contributed by atoms with E-state index in [1.165, 1.54) is 6.21 Å². The zero-order chi connectivity index (χ0) is 13.4. The molecule has 0 unspecified atom stereocenters. The van der Waals surface area contributed by atoms with Crippen molar-refractivity contribution in [3.8, 4) is 0 Å². The molecule has 2 rings (SSSR count). The second-order valence-corrected chi connectivity index (χ2v) is 3.86. The van der Waals surface area contributed by atoms with Crippen LogP contribution in [0.5, 0.6) is 0 Å².